The van der Waals surface area contributed by atoms with Crippen LogP contribution in [0.5, 0.6) is 0 Å². The van der Waals surface area contributed by atoms with Gasteiger partial charge in [0.2, 0.25) is 0 Å². The molecule has 2 amide bonds. The summed E-state index contributed by atoms with van der Waals surface area (Å²) in [6.07, 6.45) is 0. The quantitative estimate of drug-likeness (QED) is 0.766. The highest BCUT2D eigenvalue weighted by Crippen LogP contribution is 2.22. The van der Waals surface area contributed by atoms with E-state index in [2.05, 4.69) is 26.6 Å². The van der Waals surface area contributed by atoms with Gasteiger partial charge in [0, 0.05) is 10.6 Å². The molecule has 5 nitrogen and oxygen atoms in total. The Balaban J connectivity index is 1.99. The molecule has 3 N–H and O–H groups in total. The lowest BCUT2D eigenvalue weighted by atomic mass is 10.1. The van der Waals surface area contributed by atoms with E-state index in [0.717, 1.165) is 8.66 Å². The lowest BCUT2D eigenvalue weighted by Crippen LogP contribution is -2.28. The largest absolute Gasteiger partial charge is 0.478 e. The molecule has 0 fully saturated rings. The van der Waals surface area contributed by atoms with Gasteiger partial charge in [-0.2, -0.15) is 0 Å². The first-order valence-corrected chi connectivity index (χ1v) is 7.70. The number of hydrogen-bond acceptors (Lipinski definition) is 3. The van der Waals surface area contributed by atoms with Crippen LogP contribution >= 0.6 is 27.3 Å². The minimum absolute atomic E-state index is 0.176. The van der Waals surface area contributed by atoms with Gasteiger partial charge in [0.05, 0.1) is 15.9 Å². The molecule has 2 aromatic rings. The molecule has 0 radical (unpaired) electrons. The zero-order valence-electron chi connectivity index (χ0n) is 11.1. The Morgan fingerprint density at radius 3 is 2.67 bits per heavy atom. The van der Waals surface area contributed by atoms with Gasteiger partial charge in [-0.05, 0) is 52.7 Å². The van der Waals surface area contributed by atoms with Crippen LogP contribution in [0.4, 0.5) is 10.5 Å². The van der Waals surface area contributed by atoms with E-state index in [9.17, 15) is 9.59 Å². The van der Waals surface area contributed by atoms with Crippen LogP contribution in [0, 0.1) is 6.92 Å². The average molecular weight is 369 g/mol. The van der Waals surface area contributed by atoms with Crippen LogP contribution in [-0.4, -0.2) is 17.1 Å². The third kappa shape index (κ3) is 4.05. The number of hydrogen-bond donors (Lipinski definition) is 3. The fraction of sp³-hybridized carbons (Fsp3) is 0.143. The number of urea groups is 1. The smallest absolute Gasteiger partial charge is 0.336 e. The first-order valence-electron chi connectivity index (χ1n) is 6.09. The summed E-state index contributed by atoms with van der Waals surface area (Å²) in [5.74, 6) is -1.01. The summed E-state index contributed by atoms with van der Waals surface area (Å²) in [6, 6.07) is 8.24. The highest BCUT2D eigenvalue weighted by atomic mass is 79.9. The number of aromatic carboxylic acids is 1. The van der Waals surface area contributed by atoms with Crippen molar-refractivity contribution in [3.63, 3.8) is 0 Å². The summed E-state index contributed by atoms with van der Waals surface area (Å²) in [5.41, 5.74) is 1.19. The van der Waals surface area contributed by atoms with Gasteiger partial charge in [-0.25, -0.2) is 9.59 Å². The lowest BCUT2D eigenvalue weighted by Gasteiger charge is -2.11. The van der Waals surface area contributed by atoms with Gasteiger partial charge in [0.1, 0.15) is 0 Å². The van der Waals surface area contributed by atoms with Crippen LogP contribution in [0.3, 0.4) is 0 Å². The molecule has 110 valence electrons. The average Bonchev–Trinajstić information content (AvgIpc) is 2.84. The molecule has 0 bridgehead atoms. The second-order valence-electron chi connectivity index (χ2n) is 4.30. The molecule has 7 heteroatoms. The Hall–Kier alpha value is -1.86. The monoisotopic (exact) mass is 368 g/mol. The van der Waals surface area contributed by atoms with E-state index in [1.165, 1.54) is 6.07 Å². The van der Waals surface area contributed by atoms with E-state index in [-0.39, 0.29) is 11.6 Å². The van der Waals surface area contributed by atoms with Crippen molar-refractivity contribution < 1.29 is 14.7 Å². The highest BCUT2D eigenvalue weighted by Gasteiger charge is 2.11. The van der Waals surface area contributed by atoms with Crippen molar-refractivity contribution in [3.05, 3.63) is 50.1 Å². The second-order valence-corrected chi connectivity index (χ2v) is 6.84. The van der Waals surface area contributed by atoms with Crippen LogP contribution in [-0.2, 0) is 6.54 Å². The van der Waals surface area contributed by atoms with E-state index in [1.54, 1.807) is 30.4 Å². The molecule has 2 rings (SSSR count). The van der Waals surface area contributed by atoms with Gasteiger partial charge >= 0.3 is 12.0 Å². The maximum atomic E-state index is 11.8. The van der Waals surface area contributed by atoms with Gasteiger partial charge in [-0.15, -0.1) is 11.3 Å². The Kier molecular flexibility index (Phi) is 4.98. The van der Waals surface area contributed by atoms with Crippen molar-refractivity contribution in [1.29, 1.82) is 0 Å². The fourth-order valence-electron chi connectivity index (χ4n) is 1.78. The fourth-order valence-corrected chi connectivity index (χ4v) is 3.21. The Bertz CT molecular complexity index is 685. The van der Waals surface area contributed by atoms with Crippen molar-refractivity contribution in [3.8, 4) is 0 Å². The number of benzene rings is 1. The molecule has 0 saturated heterocycles. The molecule has 1 aromatic carbocycles. The van der Waals surface area contributed by atoms with Crippen LogP contribution in [0.15, 0.2) is 34.1 Å². The maximum Gasteiger partial charge on any atom is 0.336 e. The SMILES string of the molecule is Cc1c(NC(=O)NCc2ccc(Br)s2)cccc1C(=O)O. The van der Waals surface area contributed by atoms with Crippen molar-refractivity contribution in [2.45, 2.75) is 13.5 Å². The molecule has 0 unspecified atom stereocenters. The second kappa shape index (κ2) is 6.73. The molecule has 1 heterocycles. The summed E-state index contributed by atoms with van der Waals surface area (Å²) in [7, 11) is 0. The zero-order valence-corrected chi connectivity index (χ0v) is 13.5. The third-order valence-corrected chi connectivity index (χ3v) is 4.49. The van der Waals surface area contributed by atoms with Crippen LogP contribution in [0.1, 0.15) is 20.8 Å². The number of carboxylic acid groups (broad SMARTS) is 1. The molecule has 1 aromatic heterocycles. The summed E-state index contributed by atoms with van der Waals surface area (Å²) < 4.78 is 1.00. The zero-order chi connectivity index (χ0) is 15.4. The van der Waals surface area contributed by atoms with Crippen molar-refractivity contribution in [2.75, 3.05) is 5.32 Å². The van der Waals surface area contributed by atoms with Crippen LogP contribution in [0.2, 0.25) is 0 Å². The standard InChI is InChI=1S/C14H13BrN2O3S/c1-8-10(13(18)19)3-2-4-11(8)17-14(20)16-7-9-5-6-12(15)21-9/h2-6H,7H2,1H3,(H,18,19)(H2,16,17,20). The number of carboxylic acids is 1. The van der Waals surface area contributed by atoms with E-state index in [0.29, 0.717) is 17.8 Å². The summed E-state index contributed by atoms with van der Waals surface area (Å²) in [4.78, 5) is 23.9. The lowest BCUT2D eigenvalue weighted by molar-refractivity contribution is 0.0696. The number of carbonyl (C=O) groups excluding carboxylic acids is 1. The highest BCUT2D eigenvalue weighted by molar-refractivity contribution is 9.11. The van der Waals surface area contributed by atoms with Gasteiger partial charge in [-0.3, -0.25) is 0 Å². The first kappa shape index (κ1) is 15.5. The molecular formula is C14H13BrN2O3S. The minimum atomic E-state index is -1.01. The van der Waals surface area contributed by atoms with Crippen LogP contribution in [0.25, 0.3) is 0 Å². The Morgan fingerprint density at radius 1 is 1.29 bits per heavy atom. The molecule has 0 atom stereocenters. The molecule has 0 saturated carbocycles. The topological polar surface area (TPSA) is 78.4 Å². The number of nitrogens with one attached hydrogen (secondary N) is 2. The van der Waals surface area contributed by atoms with Crippen molar-refractivity contribution in [1.82, 2.24) is 5.32 Å². The van der Waals surface area contributed by atoms with Gasteiger partial charge < -0.3 is 15.7 Å². The number of halogens is 1. The predicted molar refractivity (Wildman–Crippen MR) is 86.0 cm³/mol. The summed E-state index contributed by atoms with van der Waals surface area (Å²) in [6.45, 7) is 2.08. The number of amides is 2. The number of thiophene rings is 1. The first-order chi connectivity index (χ1) is 9.97. The molecule has 0 aliphatic carbocycles. The van der Waals surface area contributed by atoms with E-state index in [1.807, 2.05) is 12.1 Å². The van der Waals surface area contributed by atoms with E-state index in [4.69, 9.17) is 5.11 Å². The van der Waals surface area contributed by atoms with Gasteiger partial charge in [0.25, 0.3) is 0 Å². The number of rotatable bonds is 4. The molecule has 0 spiro atoms. The molecule has 0 aliphatic heterocycles. The predicted octanol–water partition coefficient (Wildman–Crippen LogP) is 3.84. The Labute approximate surface area is 134 Å². The molecular weight excluding hydrogens is 356 g/mol. The van der Waals surface area contributed by atoms with E-state index >= 15 is 0 Å². The van der Waals surface area contributed by atoms with Crippen LogP contribution < -0.4 is 10.6 Å². The van der Waals surface area contributed by atoms with E-state index < -0.39 is 5.97 Å². The maximum absolute atomic E-state index is 11.8. The molecule has 21 heavy (non-hydrogen) atoms. The Morgan fingerprint density at radius 2 is 2.05 bits per heavy atom. The summed E-state index contributed by atoms with van der Waals surface area (Å²) >= 11 is 4.90. The number of anilines is 1. The van der Waals surface area contributed by atoms with Crippen molar-refractivity contribution >= 4 is 45.0 Å². The normalized spacial score (nSPS) is 10.2. The number of carbonyl (C=O) groups is 2. The van der Waals surface area contributed by atoms with Crippen molar-refractivity contribution in [2.24, 2.45) is 0 Å². The third-order valence-electron chi connectivity index (χ3n) is 2.86. The minimum Gasteiger partial charge on any atom is -0.478 e. The van der Waals surface area contributed by atoms with Gasteiger partial charge in [-0.1, -0.05) is 6.07 Å². The molecule has 0 aliphatic rings. The van der Waals surface area contributed by atoms with Gasteiger partial charge in [0.15, 0.2) is 0 Å². The summed E-state index contributed by atoms with van der Waals surface area (Å²) in [5, 5.41) is 14.4.